The number of hydrogen-bond acceptors (Lipinski definition) is 4. The number of guanidine groups is 1. The van der Waals surface area contributed by atoms with E-state index in [0.717, 1.165) is 34.5 Å². The van der Waals surface area contributed by atoms with E-state index in [2.05, 4.69) is 41.0 Å². The average molecular weight is 359 g/mol. The molecule has 6 heteroatoms. The van der Waals surface area contributed by atoms with Crippen LogP contribution in [0.4, 0.5) is 0 Å². The van der Waals surface area contributed by atoms with Gasteiger partial charge in [-0.1, -0.05) is 30.9 Å². The first-order valence-electron chi connectivity index (χ1n) is 8.40. The summed E-state index contributed by atoms with van der Waals surface area (Å²) in [5.41, 5.74) is 2.14. The lowest BCUT2D eigenvalue weighted by Gasteiger charge is -2.12. The molecule has 1 aromatic heterocycles. The molecule has 0 aliphatic heterocycles. The molecule has 0 atom stereocenters. The molecule has 0 aliphatic carbocycles. The van der Waals surface area contributed by atoms with Crippen molar-refractivity contribution in [2.45, 2.75) is 33.9 Å². The number of nitrogens with zero attached hydrogens (tertiary/aromatic N) is 2. The molecule has 0 spiro atoms. The summed E-state index contributed by atoms with van der Waals surface area (Å²) < 4.78 is 5.69. The SMILES string of the molecule is C=CCOc1ccccc1CN=C(NCC)NCc1nc(C)c(C)s1. The number of benzene rings is 1. The van der Waals surface area contributed by atoms with Crippen LogP contribution in [0, 0.1) is 13.8 Å². The van der Waals surface area contributed by atoms with Gasteiger partial charge in [-0.15, -0.1) is 11.3 Å². The summed E-state index contributed by atoms with van der Waals surface area (Å²) in [6.07, 6.45) is 1.74. The van der Waals surface area contributed by atoms with E-state index in [1.807, 2.05) is 31.2 Å². The van der Waals surface area contributed by atoms with Crippen LogP contribution >= 0.6 is 11.3 Å². The first-order valence-corrected chi connectivity index (χ1v) is 9.22. The van der Waals surface area contributed by atoms with E-state index in [1.54, 1.807) is 17.4 Å². The summed E-state index contributed by atoms with van der Waals surface area (Å²) >= 11 is 1.71. The predicted octanol–water partition coefficient (Wildman–Crippen LogP) is 3.58. The fraction of sp³-hybridized carbons (Fsp3) is 0.368. The van der Waals surface area contributed by atoms with Crippen LogP contribution in [-0.2, 0) is 13.1 Å². The smallest absolute Gasteiger partial charge is 0.191 e. The predicted molar refractivity (Wildman–Crippen MR) is 105 cm³/mol. The molecule has 2 N–H and O–H groups in total. The quantitative estimate of drug-likeness (QED) is 0.430. The molecule has 0 amide bonds. The molecule has 1 aromatic carbocycles. The summed E-state index contributed by atoms with van der Waals surface area (Å²) in [4.78, 5) is 10.5. The molecule has 0 bridgehead atoms. The van der Waals surface area contributed by atoms with Gasteiger partial charge in [0.1, 0.15) is 17.4 Å². The van der Waals surface area contributed by atoms with Crippen LogP contribution in [0.1, 0.15) is 28.1 Å². The number of aliphatic imine (C=N–C) groups is 1. The molecule has 0 aliphatic rings. The van der Waals surface area contributed by atoms with Crippen LogP contribution in [-0.4, -0.2) is 24.1 Å². The second-order valence-electron chi connectivity index (χ2n) is 5.51. The zero-order valence-corrected chi connectivity index (χ0v) is 15.9. The first kappa shape index (κ1) is 19.0. The Morgan fingerprint density at radius 1 is 1.32 bits per heavy atom. The second-order valence-corrected chi connectivity index (χ2v) is 6.79. The second kappa shape index (κ2) is 9.84. The minimum absolute atomic E-state index is 0.488. The molecule has 2 rings (SSSR count). The number of para-hydroxylation sites is 1. The van der Waals surface area contributed by atoms with Crippen molar-refractivity contribution in [1.29, 1.82) is 0 Å². The van der Waals surface area contributed by atoms with Gasteiger partial charge < -0.3 is 15.4 Å². The Kier molecular flexibility index (Phi) is 7.47. The number of thiazole rings is 1. The van der Waals surface area contributed by atoms with Crippen molar-refractivity contribution in [3.63, 3.8) is 0 Å². The van der Waals surface area contributed by atoms with E-state index < -0.39 is 0 Å². The number of aryl methyl sites for hydroxylation is 2. The highest BCUT2D eigenvalue weighted by atomic mass is 32.1. The highest BCUT2D eigenvalue weighted by Gasteiger charge is 2.06. The van der Waals surface area contributed by atoms with Gasteiger partial charge in [0.25, 0.3) is 0 Å². The first-order chi connectivity index (χ1) is 12.1. The lowest BCUT2D eigenvalue weighted by Crippen LogP contribution is -2.36. The van der Waals surface area contributed by atoms with Gasteiger partial charge in [0.2, 0.25) is 0 Å². The minimum Gasteiger partial charge on any atom is -0.489 e. The molecule has 0 unspecified atom stereocenters. The van der Waals surface area contributed by atoms with Crippen molar-refractivity contribution in [3.8, 4) is 5.75 Å². The summed E-state index contributed by atoms with van der Waals surface area (Å²) in [6.45, 7) is 12.4. The molecule has 2 aromatic rings. The number of nitrogens with one attached hydrogen (secondary N) is 2. The Balaban J connectivity index is 2.02. The van der Waals surface area contributed by atoms with Crippen molar-refractivity contribution in [2.75, 3.05) is 13.2 Å². The van der Waals surface area contributed by atoms with E-state index >= 15 is 0 Å². The van der Waals surface area contributed by atoms with Crippen molar-refractivity contribution >= 4 is 17.3 Å². The topological polar surface area (TPSA) is 58.5 Å². The largest absolute Gasteiger partial charge is 0.489 e. The molecular formula is C19H26N4OS. The monoisotopic (exact) mass is 358 g/mol. The van der Waals surface area contributed by atoms with Gasteiger partial charge in [-0.3, -0.25) is 0 Å². The highest BCUT2D eigenvalue weighted by molar-refractivity contribution is 7.11. The molecule has 0 saturated heterocycles. The molecule has 25 heavy (non-hydrogen) atoms. The Hall–Kier alpha value is -2.34. The van der Waals surface area contributed by atoms with E-state index in [4.69, 9.17) is 4.74 Å². The number of hydrogen-bond donors (Lipinski definition) is 2. The summed E-state index contributed by atoms with van der Waals surface area (Å²) in [5, 5.41) is 7.67. The third-order valence-electron chi connectivity index (χ3n) is 3.56. The van der Waals surface area contributed by atoms with Crippen LogP contribution in [0.2, 0.25) is 0 Å². The van der Waals surface area contributed by atoms with Gasteiger partial charge in [0.15, 0.2) is 5.96 Å². The standard InChI is InChI=1S/C19H26N4OS/c1-5-11-24-17-10-8-7-9-16(17)12-21-19(20-6-2)22-13-18-23-14(3)15(4)25-18/h5,7-10H,1,6,11-13H2,2-4H3,(H2,20,21,22). The van der Waals surface area contributed by atoms with Crippen molar-refractivity contribution < 1.29 is 4.74 Å². The lowest BCUT2D eigenvalue weighted by atomic mass is 10.2. The Bertz CT molecular complexity index is 704. The maximum absolute atomic E-state index is 5.69. The third kappa shape index (κ3) is 5.90. The van der Waals surface area contributed by atoms with Gasteiger partial charge in [0, 0.05) is 17.0 Å². The zero-order chi connectivity index (χ0) is 18.1. The van der Waals surface area contributed by atoms with Gasteiger partial charge in [-0.05, 0) is 26.8 Å². The number of ether oxygens (including phenoxy) is 1. The fourth-order valence-electron chi connectivity index (χ4n) is 2.20. The molecule has 0 saturated carbocycles. The van der Waals surface area contributed by atoms with E-state index in [1.165, 1.54) is 4.88 Å². The maximum atomic E-state index is 5.69. The Morgan fingerprint density at radius 3 is 2.80 bits per heavy atom. The van der Waals surface area contributed by atoms with E-state index in [9.17, 15) is 0 Å². The molecule has 0 radical (unpaired) electrons. The van der Waals surface area contributed by atoms with Crippen LogP contribution in [0.3, 0.4) is 0 Å². The fourth-order valence-corrected chi connectivity index (χ4v) is 3.08. The molecule has 134 valence electrons. The maximum Gasteiger partial charge on any atom is 0.191 e. The lowest BCUT2D eigenvalue weighted by molar-refractivity contribution is 0.359. The van der Waals surface area contributed by atoms with Crippen LogP contribution in [0.5, 0.6) is 5.75 Å². The van der Waals surface area contributed by atoms with Crippen molar-refractivity contribution in [2.24, 2.45) is 4.99 Å². The minimum atomic E-state index is 0.488. The Labute approximate surface area is 153 Å². The zero-order valence-electron chi connectivity index (χ0n) is 15.1. The van der Waals surface area contributed by atoms with Gasteiger partial charge in [-0.25, -0.2) is 9.98 Å². The Morgan fingerprint density at radius 2 is 2.12 bits per heavy atom. The van der Waals surface area contributed by atoms with Gasteiger partial charge in [-0.2, -0.15) is 0 Å². The van der Waals surface area contributed by atoms with Crippen LogP contribution < -0.4 is 15.4 Å². The van der Waals surface area contributed by atoms with E-state index in [0.29, 0.717) is 19.7 Å². The molecule has 5 nitrogen and oxygen atoms in total. The highest BCUT2D eigenvalue weighted by Crippen LogP contribution is 2.19. The third-order valence-corrected chi connectivity index (χ3v) is 4.63. The summed E-state index contributed by atoms with van der Waals surface area (Å²) in [5.74, 6) is 1.61. The van der Waals surface area contributed by atoms with Crippen molar-refractivity contribution in [1.82, 2.24) is 15.6 Å². The molecule has 1 heterocycles. The van der Waals surface area contributed by atoms with Gasteiger partial charge >= 0.3 is 0 Å². The summed E-state index contributed by atoms with van der Waals surface area (Å²) in [7, 11) is 0. The normalized spacial score (nSPS) is 11.2. The molecule has 0 fully saturated rings. The van der Waals surface area contributed by atoms with Crippen LogP contribution in [0.25, 0.3) is 0 Å². The number of rotatable bonds is 8. The number of aromatic nitrogens is 1. The summed E-state index contributed by atoms with van der Waals surface area (Å²) in [6, 6.07) is 7.93. The van der Waals surface area contributed by atoms with Crippen LogP contribution in [0.15, 0.2) is 41.9 Å². The molecular weight excluding hydrogens is 332 g/mol. The van der Waals surface area contributed by atoms with E-state index in [-0.39, 0.29) is 0 Å². The van der Waals surface area contributed by atoms with Crippen molar-refractivity contribution in [3.05, 3.63) is 58.1 Å². The average Bonchev–Trinajstić information content (AvgIpc) is 2.94. The van der Waals surface area contributed by atoms with Gasteiger partial charge in [0.05, 0.1) is 18.8 Å².